The first kappa shape index (κ1) is 15.6. The van der Waals surface area contributed by atoms with Crippen molar-refractivity contribution in [2.45, 2.75) is 38.0 Å². The van der Waals surface area contributed by atoms with E-state index in [1.54, 1.807) is 35.6 Å². The largest absolute Gasteiger partial charge is 0.296 e. The van der Waals surface area contributed by atoms with Crippen LogP contribution < -0.4 is 0 Å². The van der Waals surface area contributed by atoms with E-state index in [2.05, 4.69) is 4.98 Å². The summed E-state index contributed by atoms with van der Waals surface area (Å²) < 4.78 is 29.7. The Morgan fingerprint density at radius 3 is 2.73 bits per heavy atom. The highest BCUT2D eigenvalue weighted by Gasteiger charge is 2.24. The molecule has 3 rings (SSSR count). The first-order valence-electron chi connectivity index (χ1n) is 7.35. The van der Waals surface area contributed by atoms with Crippen LogP contribution in [0.5, 0.6) is 0 Å². The average Bonchev–Trinajstić information content (AvgIpc) is 2.85. The van der Waals surface area contributed by atoms with Gasteiger partial charge in [-0.2, -0.15) is 8.42 Å². The van der Waals surface area contributed by atoms with Crippen molar-refractivity contribution in [3.8, 4) is 0 Å². The number of benzene rings is 1. The summed E-state index contributed by atoms with van der Waals surface area (Å²) in [5.41, 5.74) is 2.21. The fourth-order valence-electron chi connectivity index (χ4n) is 2.67. The molecule has 0 aliphatic heterocycles. The molecule has 0 radical (unpaired) electrons. The Kier molecular flexibility index (Phi) is 4.34. The molecule has 1 unspecified atom stereocenters. The summed E-state index contributed by atoms with van der Waals surface area (Å²) in [7, 11) is -3.66. The van der Waals surface area contributed by atoms with Crippen LogP contribution >= 0.6 is 11.3 Å². The van der Waals surface area contributed by atoms with Gasteiger partial charge in [-0.3, -0.25) is 4.18 Å². The summed E-state index contributed by atoms with van der Waals surface area (Å²) in [5, 5.41) is 1.08. The van der Waals surface area contributed by atoms with E-state index in [1.165, 1.54) is 10.6 Å². The molecule has 22 heavy (non-hydrogen) atoms. The maximum Gasteiger partial charge on any atom is 0.296 e. The van der Waals surface area contributed by atoms with E-state index < -0.39 is 10.1 Å². The van der Waals surface area contributed by atoms with Crippen LogP contribution in [0.15, 0.2) is 29.2 Å². The fraction of sp³-hybridized carbons (Fsp3) is 0.438. The summed E-state index contributed by atoms with van der Waals surface area (Å²) in [6.07, 6.45) is 2.71. The molecule has 1 aromatic heterocycles. The van der Waals surface area contributed by atoms with E-state index in [9.17, 15) is 8.42 Å². The molecule has 6 heteroatoms. The van der Waals surface area contributed by atoms with Gasteiger partial charge < -0.3 is 0 Å². The van der Waals surface area contributed by atoms with Gasteiger partial charge in [0, 0.05) is 4.88 Å². The zero-order chi connectivity index (χ0) is 15.7. The molecule has 1 aliphatic carbocycles. The van der Waals surface area contributed by atoms with Crippen molar-refractivity contribution < 1.29 is 12.6 Å². The van der Waals surface area contributed by atoms with Crippen LogP contribution in [0.1, 0.15) is 27.6 Å². The maximum absolute atomic E-state index is 12.2. The molecule has 1 atom stereocenters. The topological polar surface area (TPSA) is 56.3 Å². The molecule has 2 aromatic rings. The molecule has 4 nitrogen and oxygen atoms in total. The number of aryl methyl sites for hydroxylation is 3. The Bertz CT molecular complexity index is 763. The van der Waals surface area contributed by atoms with Crippen LogP contribution in [0.2, 0.25) is 0 Å². The molecule has 1 aromatic carbocycles. The second-order valence-electron chi connectivity index (χ2n) is 5.76. The van der Waals surface area contributed by atoms with Gasteiger partial charge >= 0.3 is 0 Å². The summed E-state index contributed by atoms with van der Waals surface area (Å²) in [6.45, 7) is 4.18. The Balaban J connectivity index is 1.64. The monoisotopic (exact) mass is 337 g/mol. The second-order valence-corrected chi connectivity index (χ2v) is 8.67. The standard InChI is InChI=1S/C16H19NO3S2/c1-11-3-6-14(7-4-11)22(18,19)20-10-13-5-8-15-16(9-13)21-12(2)17-15/h3-4,6-7,13H,5,8-10H2,1-2H3. The van der Waals surface area contributed by atoms with E-state index in [0.717, 1.165) is 29.8 Å². The smallest absolute Gasteiger partial charge is 0.266 e. The summed E-state index contributed by atoms with van der Waals surface area (Å²) >= 11 is 1.71. The van der Waals surface area contributed by atoms with Crippen molar-refractivity contribution in [2.24, 2.45) is 5.92 Å². The van der Waals surface area contributed by atoms with Gasteiger partial charge in [-0.05, 0) is 51.2 Å². The molecule has 118 valence electrons. The summed E-state index contributed by atoms with van der Waals surface area (Å²) in [4.78, 5) is 6.02. The molecule has 1 heterocycles. The first-order chi connectivity index (χ1) is 10.4. The van der Waals surface area contributed by atoms with Gasteiger partial charge in [0.05, 0.1) is 22.2 Å². The van der Waals surface area contributed by atoms with E-state index in [0.29, 0.717) is 0 Å². The lowest BCUT2D eigenvalue weighted by Crippen LogP contribution is -2.20. The normalized spacial score (nSPS) is 18.2. The molecule has 0 amide bonds. The highest BCUT2D eigenvalue weighted by atomic mass is 32.2. The third kappa shape index (κ3) is 3.39. The van der Waals surface area contributed by atoms with Crippen LogP contribution in [0.25, 0.3) is 0 Å². The van der Waals surface area contributed by atoms with Gasteiger partial charge in [0.1, 0.15) is 0 Å². The molecular weight excluding hydrogens is 318 g/mol. The minimum atomic E-state index is -3.66. The predicted octanol–water partition coefficient (Wildman–Crippen LogP) is 3.27. The van der Waals surface area contributed by atoms with Crippen molar-refractivity contribution >= 4 is 21.5 Å². The molecule has 0 bridgehead atoms. The molecule has 0 spiro atoms. The van der Waals surface area contributed by atoms with Crippen molar-refractivity contribution in [2.75, 3.05) is 6.61 Å². The number of aromatic nitrogens is 1. The van der Waals surface area contributed by atoms with E-state index >= 15 is 0 Å². The van der Waals surface area contributed by atoms with E-state index in [4.69, 9.17) is 4.18 Å². The Morgan fingerprint density at radius 2 is 2.00 bits per heavy atom. The average molecular weight is 337 g/mol. The number of fused-ring (bicyclic) bond motifs is 1. The number of thiazole rings is 1. The van der Waals surface area contributed by atoms with Crippen molar-refractivity contribution in [3.63, 3.8) is 0 Å². The van der Waals surface area contributed by atoms with Crippen molar-refractivity contribution in [1.29, 1.82) is 0 Å². The first-order valence-corrected chi connectivity index (χ1v) is 9.58. The second kappa shape index (κ2) is 6.10. The highest BCUT2D eigenvalue weighted by Crippen LogP contribution is 2.30. The Hall–Kier alpha value is -1.24. The summed E-state index contributed by atoms with van der Waals surface area (Å²) in [5.74, 6) is 0.243. The SMILES string of the molecule is Cc1ccc(S(=O)(=O)OCC2CCc3nc(C)sc3C2)cc1. The lowest BCUT2D eigenvalue weighted by Gasteiger charge is -2.20. The van der Waals surface area contributed by atoms with Crippen LogP contribution in [-0.2, 0) is 27.1 Å². The number of hydrogen-bond acceptors (Lipinski definition) is 5. The van der Waals surface area contributed by atoms with Gasteiger partial charge in [-0.15, -0.1) is 11.3 Å². The molecular formula is C16H19NO3S2. The van der Waals surface area contributed by atoms with Crippen LogP contribution in [0, 0.1) is 19.8 Å². The van der Waals surface area contributed by atoms with E-state index in [-0.39, 0.29) is 17.4 Å². The zero-order valence-corrected chi connectivity index (χ0v) is 14.3. The van der Waals surface area contributed by atoms with Crippen LogP contribution in [0.3, 0.4) is 0 Å². The minimum Gasteiger partial charge on any atom is -0.266 e. The molecule has 0 saturated carbocycles. The maximum atomic E-state index is 12.2. The molecule has 1 aliphatic rings. The molecule has 0 saturated heterocycles. The van der Waals surface area contributed by atoms with Crippen LogP contribution in [-0.4, -0.2) is 20.0 Å². The Morgan fingerprint density at radius 1 is 1.27 bits per heavy atom. The van der Waals surface area contributed by atoms with Crippen LogP contribution in [0.4, 0.5) is 0 Å². The third-order valence-corrected chi connectivity index (χ3v) is 6.25. The van der Waals surface area contributed by atoms with E-state index in [1.807, 2.05) is 13.8 Å². The predicted molar refractivity (Wildman–Crippen MR) is 86.7 cm³/mol. The van der Waals surface area contributed by atoms with Gasteiger partial charge in [-0.1, -0.05) is 17.7 Å². The third-order valence-electron chi connectivity index (χ3n) is 3.92. The minimum absolute atomic E-state index is 0.225. The highest BCUT2D eigenvalue weighted by molar-refractivity contribution is 7.86. The Labute approximate surface area is 135 Å². The number of rotatable bonds is 4. The van der Waals surface area contributed by atoms with Gasteiger partial charge in [-0.25, -0.2) is 4.98 Å². The molecule has 0 fully saturated rings. The quantitative estimate of drug-likeness (QED) is 0.804. The number of hydrogen-bond donors (Lipinski definition) is 0. The van der Waals surface area contributed by atoms with Gasteiger partial charge in [0.15, 0.2) is 0 Å². The summed E-state index contributed by atoms with van der Waals surface area (Å²) in [6, 6.07) is 6.75. The molecule has 0 N–H and O–H groups in total. The number of nitrogens with zero attached hydrogens (tertiary/aromatic N) is 1. The van der Waals surface area contributed by atoms with Crippen molar-refractivity contribution in [3.05, 3.63) is 45.4 Å². The van der Waals surface area contributed by atoms with Crippen molar-refractivity contribution in [1.82, 2.24) is 4.98 Å². The fourth-order valence-corrected chi connectivity index (χ4v) is 4.75. The van der Waals surface area contributed by atoms with Gasteiger partial charge in [0.2, 0.25) is 0 Å². The lowest BCUT2D eigenvalue weighted by molar-refractivity contribution is 0.240. The van der Waals surface area contributed by atoms with Gasteiger partial charge in [0.25, 0.3) is 10.1 Å². The lowest BCUT2D eigenvalue weighted by atomic mass is 9.92. The zero-order valence-electron chi connectivity index (χ0n) is 12.7.